The highest BCUT2D eigenvalue weighted by Gasteiger charge is 2.66. The predicted octanol–water partition coefficient (Wildman–Crippen LogP) is 7.39. The Kier molecular flexibility index (Phi) is 16.2. The number of rotatable bonds is 25. The number of allylic oxidation sites excluding steroid dienone is 1. The van der Waals surface area contributed by atoms with Gasteiger partial charge in [0, 0.05) is 61.3 Å². The molecule has 344 valence electrons. The summed E-state index contributed by atoms with van der Waals surface area (Å²) in [6, 6.07) is 17.4. The van der Waals surface area contributed by atoms with Gasteiger partial charge in [-0.1, -0.05) is 48.3 Å². The molecular formula is C49H60FN3O11. The highest BCUT2D eigenvalue weighted by atomic mass is 19.1. The van der Waals surface area contributed by atoms with E-state index in [0.29, 0.717) is 41.2 Å². The zero-order valence-corrected chi connectivity index (χ0v) is 36.2. The molecule has 2 saturated carbocycles. The standard InChI is InChI=1S/C49H60FN3O11/c1-2-25-62-49-45(52(21-26-60-27-24-56)48(57)34-15-16-34)30-43(51-63-31-33-13-17-37(18-14-33)53(58)59)40-28-35(9-5-7-22-54)39(11-6-8-23-55)46(47(40)49)41-29-38(19-20-44(41)64-49)61-32-36-10-3-4-12-42(36)50/h2-4,10,12-14,17-20,28-29,34-35,39,45-47,54-56H,1,5-9,11,15-16,21-27,30-32H2/t35-,39+,45-,46+,47+,49+/m0/s1. The summed E-state index contributed by atoms with van der Waals surface area (Å²) in [7, 11) is 0. The van der Waals surface area contributed by atoms with Gasteiger partial charge in [0.15, 0.2) is 0 Å². The first kappa shape index (κ1) is 46.8. The van der Waals surface area contributed by atoms with Crippen molar-refractivity contribution in [2.75, 3.05) is 46.2 Å². The number of non-ortho nitro benzene ring substituents is 1. The van der Waals surface area contributed by atoms with Crippen LogP contribution in [0.25, 0.3) is 0 Å². The molecule has 1 amide bonds. The van der Waals surface area contributed by atoms with Gasteiger partial charge in [0.25, 0.3) is 5.69 Å². The first-order chi connectivity index (χ1) is 31.2. The Bertz CT molecular complexity index is 2130. The lowest BCUT2D eigenvalue weighted by molar-refractivity contribution is -0.384. The van der Waals surface area contributed by atoms with Crippen LogP contribution in [0.1, 0.15) is 80.4 Å². The summed E-state index contributed by atoms with van der Waals surface area (Å²) in [4.78, 5) is 33.4. The average molecular weight is 886 g/mol. The van der Waals surface area contributed by atoms with E-state index in [1.54, 1.807) is 42.5 Å². The van der Waals surface area contributed by atoms with Crippen molar-refractivity contribution in [3.8, 4) is 11.5 Å². The maximum Gasteiger partial charge on any atom is 0.269 e. The molecule has 0 spiro atoms. The Labute approximate surface area is 373 Å². The molecule has 1 heterocycles. The van der Waals surface area contributed by atoms with E-state index in [2.05, 4.69) is 12.7 Å². The zero-order valence-electron chi connectivity index (χ0n) is 36.2. The summed E-state index contributed by atoms with van der Waals surface area (Å²) in [6.45, 7) is 4.50. The number of oxime groups is 1. The Morgan fingerprint density at radius 3 is 2.45 bits per heavy atom. The van der Waals surface area contributed by atoms with Gasteiger partial charge >= 0.3 is 0 Å². The lowest BCUT2D eigenvalue weighted by Crippen LogP contribution is -2.70. The van der Waals surface area contributed by atoms with Crippen molar-refractivity contribution in [3.05, 3.63) is 124 Å². The fourth-order valence-corrected chi connectivity index (χ4v) is 9.73. The fourth-order valence-electron chi connectivity index (χ4n) is 9.73. The quantitative estimate of drug-likeness (QED) is 0.0334. The van der Waals surface area contributed by atoms with Crippen LogP contribution in [0.3, 0.4) is 0 Å². The second-order valence-corrected chi connectivity index (χ2v) is 17.0. The minimum atomic E-state index is -1.47. The number of carbonyl (C=O) groups excluding carboxylic acids is 1. The molecule has 0 radical (unpaired) electrons. The minimum Gasteiger partial charge on any atom is -0.489 e. The summed E-state index contributed by atoms with van der Waals surface area (Å²) >= 11 is 0. The number of hydrogen-bond donors (Lipinski definition) is 3. The van der Waals surface area contributed by atoms with Gasteiger partial charge in [0.05, 0.1) is 43.0 Å². The number of benzene rings is 3. The molecule has 4 aliphatic rings. The number of carbonyl (C=O) groups is 1. The first-order valence-corrected chi connectivity index (χ1v) is 22.5. The number of nitro groups is 1. The van der Waals surface area contributed by atoms with Gasteiger partial charge in [-0.15, -0.1) is 6.58 Å². The van der Waals surface area contributed by atoms with Gasteiger partial charge in [-0.2, -0.15) is 0 Å². The van der Waals surface area contributed by atoms with E-state index in [1.165, 1.54) is 18.2 Å². The molecular weight excluding hydrogens is 826 g/mol. The third kappa shape index (κ3) is 10.7. The van der Waals surface area contributed by atoms with Crippen LogP contribution < -0.4 is 9.47 Å². The predicted molar refractivity (Wildman–Crippen MR) is 236 cm³/mol. The van der Waals surface area contributed by atoms with Gasteiger partial charge in [-0.25, -0.2) is 4.39 Å². The number of amides is 1. The number of unbranched alkanes of at least 4 members (excludes halogenated alkanes) is 2. The van der Waals surface area contributed by atoms with Crippen LogP contribution in [0.4, 0.5) is 10.1 Å². The van der Waals surface area contributed by atoms with E-state index in [0.717, 1.165) is 49.7 Å². The van der Waals surface area contributed by atoms with Crippen LogP contribution in [0, 0.1) is 39.6 Å². The van der Waals surface area contributed by atoms with Crippen molar-refractivity contribution in [1.82, 2.24) is 4.90 Å². The molecule has 64 heavy (non-hydrogen) atoms. The van der Waals surface area contributed by atoms with E-state index < -0.39 is 22.7 Å². The van der Waals surface area contributed by atoms with Crippen molar-refractivity contribution < 1.29 is 53.2 Å². The Hall–Kier alpha value is -5.19. The second kappa shape index (κ2) is 22.1. The van der Waals surface area contributed by atoms with Crippen LogP contribution in [0.2, 0.25) is 0 Å². The van der Waals surface area contributed by atoms with E-state index >= 15 is 0 Å². The number of nitro benzene ring substituents is 1. The molecule has 3 aromatic carbocycles. The third-order valence-corrected chi connectivity index (χ3v) is 12.8. The van der Waals surface area contributed by atoms with Crippen LogP contribution in [-0.4, -0.2) is 94.8 Å². The molecule has 0 aromatic heterocycles. The lowest BCUT2D eigenvalue weighted by Gasteiger charge is -2.60. The molecule has 1 aliphatic heterocycles. The topological polar surface area (TPSA) is 183 Å². The number of nitrogens with zero attached hydrogens (tertiary/aromatic N) is 3. The summed E-state index contributed by atoms with van der Waals surface area (Å²) in [5.41, 5.74) is 3.36. The van der Waals surface area contributed by atoms with Crippen LogP contribution in [0.5, 0.6) is 11.5 Å². The number of halogens is 1. The highest BCUT2D eigenvalue weighted by Crippen LogP contribution is 2.62. The van der Waals surface area contributed by atoms with E-state index in [1.807, 2.05) is 17.0 Å². The highest BCUT2D eigenvalue weighted by molar-refractivity contribution is 6.03. The minimum absolute atomic E-state index is 0.00321. The van der Waals surface area contributed by atoms with Crippen molar-refractivity contribution in [2.45, 2.75) is 88.7 Å². The molecule has 7 rings (SSSR count). The number of ether oxygens (including phenoxy) is 4. The normalized spacial score (nSPS) is 23.9. The summed E-state index contributed by atoms with van der Waals surface area (Å²) in [5.74, 6) is -1.93. The molecule has 6 atom stereocenters. The second-order valence-electron chi connectivity index (χ2n) is 17.0. The Balaban J connectivity index is 1.39. The molecule has 0 saturated heterocycles. The number of aliphatic hydroxyl groups excluding tert-OH is 3. The molecule has 3 aromatic rings. The monoisotopic (exact) mass is 885 g/mol. The van der Waals surface area contributed by atoms with Gasteiger partial charge in [0.1, 0.15) is 36.6 Å². The van der Waals surface area contributed by atoms with Gasteiger partial charge < -0.3 is 44.0 Å². The largest absolute Gasteiger partial charge is 0.489 e. The molecule has 0 unspecified atom stereocenters. The van der Waals surface area contributed by atoms with Gasteiger partial charge in [0.2, 0.25) is 11.7 Å². The van der Waals surface area contributed by atoms with Crippen molar-refractivity contribution in [3.63, 3.8) is 0 Å². The SMILES string of the molecule is C=CCO[C@@]12Oc3ccc(OCc4ccccc4F)cc3[C@H]3[C@H](CCCCO)[C@@H](CCCCO)C=C(C(=NOCc4ccc([N+](=O)[O-])cc4)C[C@@H]1N(CCOCCO)C(=O)C1CC1)[C@H]32. The number of fused-ring (bicyclic) bond motifs is 2. The summed E-state index contributed by atoms with van der Waals surface area (Å²) in [6.07, 6.45) is 9.81. The smallest absolute Gasteiger partial charge is 0.269 e. The Morgan fingerprint density at radius 1 is 0.984 bits per heavy atom. The van der Waals surface area contributed by atoms with Crippen molar-refractivity contribution in [2.24, 2.45) is 28.8 Å². The maximum atomic E-state index is 14.8. The lowest BCUT2D eigenvalue weighted by atomic mass is 9.55. The Morgan fingerprint density at radius 2 is 1.75 bits per heavy atom. The van der Waals surface area contributed by atoms with Gasteiger partial charge in [-0.05, 0) is 97.9 Å². The fraction of sp³-hybridized carbons (Fsp3) is 0.510. The number of hydrogen-bond acceptors (Lipinski definition) is 12. The maximum absolute atomic E-state index is 14.8. The van der Waals surface area contributed by atoms with Crippen molar-refractivity contribution in [1.29, 1.82) is 0 Å². The molecule has 3 aliphatic carbocycles. The van der Waals surface area contributed by atoms with Crippen LogP contribution in [0.15, 0.2) is 96.2 Å². The van der Waals surface area contributed by atoms with Gasteiger partial charge in [-0.3, -0.25) is 14.9 Å². The average Bonchev–Trinajstić information content (AvgIpc) is 4.16. The molecule has 3 N–H and O–H groups in total. The first-order valence-electron chi connectivity index (χ1n) is 22.5. The number of aliphatic hydroxyl groups is 3. The molecule has 15 heteroatoms. The molecule has 0 bridgehead atoms. The van der Waals surface area contributed by atoms with Crippen molar-refractivity contribution >= 4 is 17.3 Å². The van der Waals surface area contributed by atoms with E-state index in [4.69, 9.17) is 28.9 Å². The third-order valence-electron chi connectivity index (χ3n) is 12.8. The molecule has 2 fully saturated rings. The summed E-state index contributed by atoms with van der Waals surface area (Å²) in [5, 5.41) is 45.6. The van der Waals surface area contributed by atoms with E-state index in [-0.39, 0.29) is 107 Å². The van der Waals surface area contributed by atoms with Crippen LogP contribution in [-0.2, 0) is 32.3 Å². The van der Waals surface area contributed by atoms with E-state index in [9.17, 15) is 34.6 Å². The zero-order chi connectivity index (χ0) is 45.1. The molecule has 14 nitrogen and oxygen atoms in total. The summed E-state index contributed by atoms with van der Waals surface area (Å²) < 4.78 is 41.2. The van der Waals surface area contributed by atoms with Crippen LogP contribution >= 0.6 is 0 Å².